The van der Waals surface area contributed by atoms with Crippen LogP contribution in [0.15, 0.2) is 56.2 Å². The Labute approximate surface area is 177 Å². The first kappa shape index (κ1) is 21.0. The number of nitro groups is 1. The molecule has 0 fully saturated rings. The molecule has 30 heavy (non-hydrogen) atoms. The van der Waals surface area contributed by atoms with E-state index in [0.717, 1.165) is 6.08 Å². The molecule has 0 saturated carbocycles. The average Bonchev–Trinajstić information content (AvgIpc) is 2.66. The molecule has 0 aliphatic rings. The third-order valence-corrected chi connectivity index (χ3v) is 4.29. The predicted octanol–water partition coefficient (Wildman–Crippen LogP) is 4.57. The Balaban J connectivity index is 1.95. The van der Waals surface area contributed by atoms with Crippen molar-refractivity contribution in [2.24, 2.45) is 10.2 Å². The van der Waals surface area contributed by atoms with Gasteiger partial charge in [0.2, 0.25) is 0 Å². The van der Waals surface area contributed by atoms with E-state index in [2.05, 4.69) is 15.2 Å². The molecule has 0 aliphatic heterocycles. The molecular formula is C18H11Cl2N5O5. The van der Waals surface area contributed by atoms with Crippen molar-refractivity contribution in [1.82, 2.24) is 9.97 Å². The van der Waals surface area contributed by atoms with Crippen molar-refractivity contribution in [3.63, 3.8) is 0 Å². The molecule has 152 valence electrons. The number of hydrogen-bond acceptors (Lipinski definition) is 7. The summed E-state index contributed by atoms with van der Waals surface area (Å²) in [4.78, 5) is 37.2. The lowest BCUT2D eigenvalue weighted by molar-refractivity contribution is -0.386. The van der Waals surface area contributed by atoms with Crippen LogP contribution in [0.3, 0.4) is 0 Å². The highest BCUT2D eigenvalue weighted by Gasteiger charge is 2.18. The molecule has 1 aromatic heterocycles. The van der Waals surface area contributed by atoms with Crippen LogP contribution >= 0.6 is 23.2 Å². The number of aromatic hydroxyl groups is 1. The van der Waals surface area contributed by atoms with E-state index in [1.807, 2.05) is 0 Å². The fourth-order valence-electron chi connectivity index (χ4n) is 2.38. The molecule has 0 atom stereocenters. The van der Waals surface area contributed by atoms with Gasteiger partial charge < -0.3 is 10.1 Å². The minimum absolute atomic E-state index is 0.162. The summed E-state index contributed by atoms with van der Waals surface area (Å²) in [7, 11) is 0. The molecule has 0 unspecified atom stereocenters. The van der Waals surface area contributed by atoms with Crippen molar-refractivity contribution in [2.75, 3.05) is 0 Å². The molecule has 3 aromatic rings. The minimum atomic E-state index is -1.14. The number of hydrogen-bond donors (Lipinski definition) is 3. The number of H-pyrrole nitrogens is 2. The Morgan fingerprint density at radius 2 is 1.80 bits per heavy atom. The normalized spacial score (nSPS) is 11.4. The average molecular weight is 448 g/mol. The summed E-state index contributed by atoms with van der Waals surface area (Å²) >= 11 is 11.9. The molecule has 0 radical (unpaired) electrons. The van der Waals surface area contributed by atoms with Crippen LogP contribution in [-0.4, -0.2) is 20.0 Å². The van der Waals surface area contributed by atoms with Crippen LogP contribution in [0.5, 0.6) is 5.75 Å². The van der Waals surface area contributed by atoms with Crippen molar-refractivity contribution in [3.8, 4) is 5.75 Å². The van der Waals surface area contributed by atoms with E-state index >= 15 is 0 Å². The number of azo groups is 1. The van der Waals surface area contributed by atoms with Crippen molar-refractivity contribution in [2.45, 2.75) is 0 Å². The molecule has 0 spiro atoms. The third-order valence-electron chi connectivity index (χ3n) is 3.75. The zero-order valence-electron chi connectivity index (χ0n) is 14.8. The molecule has 0 bridgehead atoms. The van der Waals surface area contributed by atoms with Gasteiger partial charge in [-0.05, 0) is 48.6 Å². The highest BCUT2D eigenvalue weighted by Crippen LogP contribution is 2.31. The lowest BCUT2D eigenvalue weighted by atomic mass is 10.1. The van der Waals surface area contributed by atoms with Crippen LogP contribution in [0.4, 0.5) is 17.1 Å². The van der Waals surface area contributed by atoms with Crippen molar-refractivity contribution < 1.29 is 10.0 Å². The summed E-state index contributed by atoms with van der Waals surface area (Å²) in [6.45, 7) is 0. The van der Waals surface area contributed by atoms with Crippen LogP contribution in [0.1, 0.15) is 11.3 Å². The maximum Gasteiger partial charge on any atom is 0.357 e. The van der Waals surface area contributed by atoms with Gasteiger partial charge in [0.15, 0.2) is 0 Å². The van der Waals surface area contributed by atoms with Gasteiger partial charge >= 0.3 is 16.9 Å². The van der Waals surface area contributed by atoms with Gasteiger partial charge in [-0.1, -0.05) is 23.2 Å². The van der Waals surface area contributed by atoms with E-state index in [9.17, 15) is 24.8 Å². The largest absolute Gasteiger partial charge is 0.507 e. The number of rotatable bonds is 5. The lowest BCUT2D eigenvalue weighted by Gasteiger charge is -2.02. The van der Waals surface area contributed by atoms with E-state index in [-0.39, 0.29) is 17.0 Å². The number of aromatic amines is 2. The van der Waals surface area contributed by atoms with Gasteiger partial charge in [0.25, 0.3) is 0 Å². The highest BCUT2D eigenvalue weighted by molar-refractivity contribution is 6.36. The van der Waals surface area contributed by atoms with E-state index in [4.69, 9.17) is 23.2 Å². The van der Waals surface area contributed by atoms with Crippen LogP contribution in [0, 0.1) is 10.1 Å². The smallest absolute Gasteiger partial charge is 0.357 e. The number of nitrogens with zero attached hydrogens (tertiary/aromatic N) is 3. The quantitative estimate of drug-likeness (QED) is 0.296. The van der Waals surface area contributed by atoms with Crippen molar-refractivity contribution >= 4 is 52.4 Å². The maximum atomic E-state index is 11.7. The number of benzene rings is 2. The minimum Gasteiger partial charge on any atom is -0.507 e. The first-order chi connectivity index (χ1) is 14.2. The van der Waals surface area contributed by atoms with Gasteiger partial charge in [-0.25, -0.2) is 4.79 Å². The summed E-state index contributed by atoms with van der Waals surface area (Å²) in [5.41, 5.74) is -2.28. The second-order valence-corrected chi connectivity index (χ2v) is 6.64. The van der Waals surface area contributed by atoms with Gasteiger partial charge in [-0.3, -0.25) is 19.9 Å². The van der Waals surface area contributed by atoms with Gasteiger partial charge in [-0.2, -0.15) is 5.11 Å². The van der Waals surface area contributed by atoms with Crippen LogP contribution in [0.25, 0.3) is 12.2 Å². The first-order valence-electron chi connectivity index (χ1n) is 8.13. The number of halogens is 2. The zero-order valence-corrected chi connectivity index (χ0v) is 16.3. The Hall–Kier alpha value is -3.76. The zero-order chi connectivity index (χ0) is 21.8. The maximum absolute atomic E-state index is 11.7. The number of aromatic nitrogens is 2. The Bertz CT molecular complexity index is 1310. The Morgan fingerprint density at radius 1 is 1.03 bits per heavy atom. The van der Waals surface area contributed by atoms with Crippen molar-refractivity contribution in [3.05, 3.63) is 88.7 Å². The second kappa shape index (κ2) is 8.72. The summed E-state index contributed by atoms with van der Waals surface area (Å²) < 4.78 is 0. The fraction of sp³-hybridized carbons (Fsp3) is 0. The summed E-state index contributed by atoms with van der Waals surface area (Å²) in [6.07, 6.45) is 2.40. The van der Waals surface area contributed by atoms with Gasteiger partial charge in [0, 0.05) is 10.6 Å². The van der Waals surface area contributed by atoms with Gasteiger partial charge in [-0.15, -0.1) is 5.11 Å². The fourth-order valence-corrected chi connectivity index (χ4v) is 2.83. The molecule has 2 aromatic carbocycles. The Morgan fingerprint density at radius 3 is 2.50 bits per heavy atom. The topological polar surface area (TPSA) is 154 Å². The molecule has 3 rings (SSSR count). The number of phenolic OH excluding ortho intramolecular Hbond substituents is 1. The van der Waals surface area contributed by atoms with Gasteiger partial charge in [0.1, 0.15) is 17.1 Å². The SMILES string of the molecule is O=c1[nH]c(/C=C/c2cc(N=Nc3ccc(Cl)cc3Cl)ccc2O)c([N+](=O)[O-])c(=O)[nH]1. The molecule has 3 N–H and O–H groups in total. The Kier molecular flexibility index (Phi) is 6.09. The van der Waals surface area contributed by atoms with E-state index in [1.54, 1.807) is 17.1 Å². The van der Waals surface area contributed by atoms with Crippen molar-refractivity contribution in [1.29, 1.82) is 0 Å². The van der Waals surface area contributed by atoms with Crippen LogP contribution in [-0.2, 0) is 0 Å². The highest BCUT2D eigenvalue weighted by atomic mass is 35.5. The predicted molar refractivity (Wildman–Crippen MR) is 112 cm³/mol. The van der Waals surface area contributed by atoms with E-state index in [1.165, 1.54) is 30.3 Å². The van der Waals surface area contributed by atoms with Crippen LogP contribution < -0.4 is 11.2 Å². The molecule has 10 nitrogen and oxygen atoms in total. The lowest BCUT2D eigenvalue weighted by Crippen LogP contribution is -2.25. The van der Waals surface area contributed by atoms with Crippen LogP contribution in [0.2, 0.25) is 10.0 Å². The first-order valence-corrected chi connectivity index (χ1v) is 8.89. The molecule has 1 heterocycles. The number of phenols is 1. The standard InChI is InChI=1S/C18H11Cl2N5O5/c19-10-2-5-13(12(20)8-10)24-23-11-3-6-15(26)9(7-11)1-4-14-16(25(29)30)17(27)22-18(28)21-14/h1-8,26H,(H2,21,22,27,28)/b4-1+,24-23?. The van der Waals surface area contributed by atoms with Gasteiger partial charge in [0.05, 0.1) is 15.6 Å². The molecular weight excluding hydrogens is 437 g/mol. The number of nitrogens with one attached hydrogen (secondary N) is 2. The summed E-state index contributed by atoms with van der Waals surface area (Å²) in [5, 5.41) is 29.9. The monoisotopic (exact) mass is 447 g/mol. The molecule has 0 amide bonds. The van der Waals surface area contributed by atoms with E-state index in [0.29, 0.717) is 21.4 Å². The van der Waals surface area contributed by atoms with E-state index < -0.39 is 21.9 Å². The summed E-state index contributed by atoms with van der Waals surface area (Å²) in [5.74, 6) is -0.162. The molecule has 0 aliphatic carbocycles. The molecule has 12 heteroatoms. The third kappa shape index (κ3) is 4.80. The second-order valence-electron chi connectivity index (χ2n) is 5.80. The molecule has 0 saturated heterocycles. The summed E-state index contributed by atoms with van der Waals surface area (Å²) in [6, 6.07) is 8.96.